The van der Waals surface area contributed by atoms with Crippen LogP contribution in [-0.4, -0.2) is 50.4 Å². The van der Waals surface area contributed by atoms with Crippen LogP contribution in [0.3, 0.4) is 0 Å². The number of carbonyl (C=O) groups is 1. The van der Waals surface area contributed by atoms with Gasteiger partial charge >= 0.3 is 0 Å². The van der Waals surface area contributed by atoms with E-state index in [2.05, 4.69) is 5.32 Å². The molecule has 1 fully saturated rings. The Morgan fingerprint density at radius 1 is 1.10 bits per heavy atom. The van der Waals surface area contributed by atoms with Crippen molar-refractivity contribution < 1.29 is 27.6 Å². The zero-order valence-corrected chi connectivity index (χ0v) is 17.8. The van der Waals surface area contributed by atoms with Crippen molar-refractivity contribution >= 4 is 27.3 Å². The van der Waals surface area contributed by atoms with Crippen LogP contribution in [0.4, 0.5) is 11.4 Å². The van der Waals surface area contributed by atoms with Gasteiger partial charge in [0, 0.05) is 24.8 Å². The van der Waals surface area contributed by atoms with Gasteiger partial charge in [-0.1, -0.05) is 6.42 Å². The molecule has 0 saturated carbocycles. The molecular formula is C20H23N3O7S. The average molecular weight is 449 g/mol. The molecule has 1 saturated heterocycles. The van der Waals surface area contributed by atoms with E-state index in [1.807, 2.05) is 0 Å². The fourth-order valence-electron chi connectivity index (χ4n) is 3.20. The highest BCUT2D eigenvalue weighted by atomic mass is 32.2. The van der Waals surface area contributed by atoms with Crippen molar-refractivity contribution in [1.29, 1.82) is 0 Å². The molecule has 1 heterocycles. The molecule has 0 bridgehead atoms. The number of methoxy groups -OCH3 is 1. The van der Waals surface area contributed by atoms with Crippen LogP contribution in [0.25, 0.3) is 0 Å². The molecule has 11 heteroatoms. The molecule has 1 aliphatic rings. The molecule has 10 nitrogen and oxygen atoms in total. The zero-order valence-electron chi connectivity index (χ0n) is 16.9. The average Bonchev–Trinajstić information content (AvgIpc) is 2.78. The second-order valence-electron chi connectivity index (χ2n) is 6.92. The molecule has 2 aromatic carbocycles. The third kappa shape index (κ3) is 5.50. The van der Waals surface area contributed by atoms with Crippen LogP contribution in [0.5, 0.6) is 11.5 Å². The standard InChI is InChI=1S/C20H23N3O7S/c1-29-18-10-7-16(23(25)26)13-19(18)30-14-20(24)21-15-5-8-17(9-6-15)31(27,28)22-11-3-2-4-12-22/h5-10,13H,2-4,11-12,14H2,1H3,(H,21,24). The normalized spacial score (nSPS) is 14.6. The minimum atomic E-state index is -3.55. The van der Waals surface area contributed by atoms with Gasteiger partial charge in [0.1, 0.15) is 0 Å². The molecule has 1 amide bonds. The van der Waals surface area contributed by atoms with E-state index in [1.54, 1.807) is 0 Å². The summed E-state index contributed by atoms with van der Waals surface area (Å²) in [5, 5.41) is 13.5. The summed E-state index contributed by atoms with van der Waals surface area (Å²) in [6.45, 7) is 0.615. The van der Waals surface area contributed by atoms with E-state index in [0.29, 0.717) is 18.8 Å². The minimum absolute atomic E-state index is 0.0647. The van der Waals surface area contributed by atoms with Gasteiger partial charge in [0.05, 0.1) is 23.0 Å². The Morgan fingerprint density at radius 3 is 2.39 bits per heavy atom. The number of carbonyl (C=O) groups excluding carboxylic acids is 1. The van der Waals surface area contributed by atoms with Crippen LogP contribution in [0.15, 0.2) is 47.4 Å². The summed E-state index contributed by atoms with van der Waals surface area (Å²) in [7, 11) is -2.16. The van der Waals surface area contributed by atoms with Crippen molar-refractivity contribution in [2.75, 3.05) is 32.1 Å². The topological polar surface area (TPSA) is 128 Å². The second kappa shape index (κ2) is 9.75. The predicted octanol–water partition coefficient (Wildman–Crippen LogP) is 2.80. The van der Waals surface area contributed by atoms with Gasteiger partial charge in [-0.05, 0) is 43.2 Å². The molecule has 3 rings (SSSR count). The van der Waals surface area contributed by atoms with E-state index < -0.39 is 27.5 Å². The molecule has 1 N–H and O–H groups in total. The van der Waals surface area contributed by atoms with Crippen molar-refractivity contribution in [2.45, 2.75) is 24.2 Å². The van der Waals surface area contributed by atoms with Gasteiger partial charge < -0.3 is 14.8 Å². The van der Waals surface area contributed by atoms with Crippen LogP contribution >= 0.6 is 0 Å². The Hall–Kier alpha value is -3.18. The summed E-state index contributed by atoms with van der Waals surface area (Å²) < 4.78 is 37.3. The molecule has 166 valence electrons. The van der Waals surface area contributed by atoms with Gasteiger partial charge in [0.2, 0.25) is 10.0 Å². The van der Waals surface area contributed by atoms with Crippen LogP contribution in [-0.2, 0) is 14.8 Å². The lowest BCUT2D eigenvalue weighted by atomic mass is 10.2. The van der Waals surface area contributed by atoms with E-state index in [-0.39, 0.29) is 22.1 Å². The number of nitrogens with one attached hydrogen (secondary N) is 1. The molecule has 0 atom stereocenters. The number of piperidine rings is 1. The Kier molecular flexibility index (Phi) is 7.08. The largest absolute Gasteiger partial charge is 0.493 e. The Bertz CT molecular complexity index is 1050. The number of nitro groups is 1. The number of nitrogens with zero attached hydrogens (tertiary/aromatic N) is 2. The maximum Gasteiger partial charge on any atom is 0.273 e. The first-order chi connectivity index (χ1) is 14.8. The Balaban J connectivity index is 1.61. The molecule has 0 radical (unpaired) electrons. The molecule has 0 aromatic heterocycles. The van der Waals surface area contributed by atoms with Crippen molar-refractivity contribution in [2.24, 2.45) is 0 Å². The number of nitro benzene ring substituents is 1. The first kappa shape index (κ1) is 22.5. The third-order valence-corrected chi connectivity index (χ3v) is 6.72. The zero-order chi connectivity index (χ0) is 22.4. The predicted molar refractivity (Wildman–Crippen MR) is 113 cm³/mol. The van der Waals surface area contributed by atoms with Crippen LogP contribution in [0.1, 0.15) is 19.3 Å². The van der Waals surface area contributed by atoms with Gasteiger partial charge in [-0.2, -0.15) is 4.31 Å². The summed E-state index contributed by atoms with van der Waals surface area (Å²) in [5.74, 6) is -0.194. The van der Waals surface area contributed by atoms with Crippen molar-refractivity contribution in [1.82, 2.24) is 4.31 Å². The monoisotopic (exact) mass is 449 g/mol. The lowest BCUT2D eigenvalue weighted by Gasteiger charge is -2.25. The summed E-state index contributed by atoms with van der Waals surface area (Å²) in [4.78, 5) is 22.7. The Morgan fingerprint density at radius 2 is 1.77 bits per heavy atom. The number of sulfonamides is 1. The molecule has 0 unspecified atom stereocenters. The van der Waals surface area contributed by atoms with E-state index in [9.17, 15) is 23.3 Å². The van der Waals surface area contributed by atoms with Crippen molar-refractivity contribution in [3.05, 3.63) is 52.6 Å². The molecule has 0 aliphatic carbocycles. The number of hydrogen-bond acceptors (Lipinski definition) is 7. The fraction of sp³-hybridized carbons (Fsp3) is 0.350. The molecule has 31 heavy (non-hydrogen) atoms. The highest BCUT2D eigenvalue weighted by molar-refractivity contribution is 7.89. The van der Waals surface area contributed by atoms with Gasteiger partial charge in [0.25, 0.3) is 11.6 Å². The molecular weight excluding hydrogens is 426 g/mol. The van der Waals surface area contributed by atoms with Crippen molar-refractivity contribution in [3.63, 3.8) is 0 Å². The summed E-state index contributed by atoms with van der Waals surface area (Å²) in [6.07, 6.45) is 2.73. The maximum absolute atomic E-state index is 12.7. The van der Waals surface area contributed by atoms with Crippen LogP contribution < -0.4 is 14.8 Å². The number of anilines is 1. The first-order valence-electron chi connectivity index (χ1n) is 9.66. The second-order valence-corrected chi connectivity index (χ2v) is 8.86. The number of rotatable bonds is 8. The highest BCUT2D eigenvalue weighted by Crippen LogP contribution is 2.31. The quantitative estimate of drug-likeness (QED) is 0.485. The maximum atomic E-state index is 12.7. The van der Waals surface area contributed by atoms with Crippen molar-refractivity contribution in [3.8, 4) is 11.5 Å². The number of amides is 1. The van der Waals surface area contributed by atoms with Crippen LogP contribution in [0.2, 0.25) is 0 Å². The van der Waals surface area contributed by atoms with Gasteiger partial charge in [-0.3, -0.25) is 14.9 Å². The lowest BCUT2D eigenvalue weighted by molar-refractivity contribution is -0.385. The van der Waals surface area contributed by atoms with E-state index in [1.165, 1.54) is 53.9 Å². The molecule has 1 aliphatic heterocycles. The van der Waals surface area contributed by atoms with E-state index in [4.69, 9.17) is 9.47 Å². The lowest BCUT2D eigenvalue weighted by Crippen LogP contribution is -2.35. The summed E-state index contributed by atoms with van der Waals surface area (Å²) in [5.41, 5.74) is 0.207. The number of hydrogen-bond donors (Lipinski definition) is 1. The fourth-order valence-corrected chi connectivity index (χ4v) is 4.71. The van der Waals surface area contributed by atoms with Gasteiger partial charge in [-0.25, -0.2) is 8.42 Å². The minimum Gasteiger partial charge on any atom is -0.493 e. The van der Waals surface area contributed by atoms with Crippen LogP contribution in [0, 0.1) is 10.1 Å². The van der Waals surface area contributed by atoms with Gasteiger partial charge in [0.15, 0.2) is 18.1 Å². The number of non-ortho nitro benzene ring substituents is 1. The van der Waals surface area contributed by atoms with E-state index >= 15 is 0 Å². The highest BCUT2D eigenvalue weighted by Gasteiger charge is 2.25. The summed E-state index contributed by atoms with van der Waals surface area (Å²) in [6, 6.07) is 9.73. The van der Waals surface area contributed by atoms with E-state index in [0.717, 1.165) is 19.3 Å². The first-order valence-corrected chi connectivity index (χ1v) is 11.1. The number of benzene rings is 2. The molecule has 2 aromatic rings. The number of ether oxygens (including phenoxy) is 2. The third-order valence-electron chi connectivity index (χ3n) is 4.81. The Labute approximate surface area is 180 Å². The molecule has 0 spiro atoms. The van der Waals surface area contributed by atoms with Gasteiger partial charge in [-0.15, -0.1) is 0 Å². The SMILES string of the molecule is COc1ccc([N+](=O)[O-])cc1OCC(=O)Nc1ccc(S(=O)(=O)N2CCCCC2)cc1. The summed E-state index contributed by atoms with van der Waals surface area (Å²) >= 11 is 0. The smallest absolute Gasteiger partial charge is 0.273 e.